The highest BCUT2D eigenvalue weighted by Gasteiger charge is 2.34. The van der Waals surface area contributed by atoms with Gasteiger partial charge in [0.15, 0.2) is 5.16 Å². The number of hydrogen-bond donors (Lipinski definition) is 1. The molecule has 1 saturated carbocycles. The number of rotatable bonds is 7. The van der Waals surface area contributed by atoms with E-state index in [1.807, 2.05) is 0 Å². The van der Waals surface area contributed by atoms with Crippen LogP contribution >= 0.6 is 11.8 Å². The summed E-state index contributed by atoms with van der Waals surface area (Å²) in [5.74, 6) is 0.800. The van der Waals surface area contributed by atoms with Crippen LogP contribution in [0.2, 0.25) is 0 Å². The molecule has 9 heteroatoms. The molecule has 1 heterocycles. The normalized spacial score (nSPS) is 14.1. The van der Waals surface area contributed by atoms with Crippen LogP contribution in [0.1, 0.15) is 25.0 Å². The Balaban J connectivity index is 1.76. The Bertz CT molecular complexity index is 808. The molecule has 1 amide bonds. The zero-order chi connectivity index (χ0) is 19.4. The first-order chi connectivity index (χ1) is 12.8. The number of benzene rings is 1. The van der Waals surface area contributed by atoms with E-state index in [1.165, 1.54) is 7.11 Å². The van der Waals surface area contributed by atoms with Gasteiger partial charge in [-0.15, -0.1) is 0 Å². The molecule has 1 N–H and O–H groups in total. The van der Waals surface area contributed by atoms with Crippen LogP contribution in [0.25, 0.3) is 11.3 Å². The molecule has 0 aliphatic heterocycles. The first-order valence-electron chi connectivity index (χ1n) is 8.38. The molecular formula is C18H18F3N3O2S. The number of halogens is 3. The summed E-state index contributed by atoms with van der Waals surface area (Å²) in [6.45, 7) is 0. The van der Waals surface area contributed by atoms with Gasteiger partial charge < -0.3 is 10.1 Å². The number of aromatic nitrogens is 2. The van der Waals surface area contributed by atoms with E-state index in [0.29, 0.717) is 17.1 Å². The molecular weight excluding hydrogens is 379 g/mol. The molecule has 27 heavy (non-hydrogen) atoms. The van der Waals surface area contributed by atoms with Crippen molar-refractivity contribution in [3.05, 3.63) is 36.0 Å². The van der Waals surface area contributed by atoms with Crippen LogP contribution in [0.4, 0.5) is 13.2 Å². The van der Waals surface area contributed by atoms with Gasteiger partial charge in [0.25, 0.3) is 0 Å². The number of nitrogens with one attached hydrogen (secondary N) is 1. The highest BCUT2D eigenvalue weighted by Crippen LogP contribution is 2.32. The molecule has 1 aromatic carbocycles. The molecule has 5 nitrogen and oxygen atoms in total. The minimum Gasteiger partial charge on any atom is -0.497 e. The van der Waals surface area contributed by atoms with Gasteiger partial charge in [0.1, 0.15) is 11.4 Å². The number of ether oxygens (including phenoxy) is 1. The van der Waals surface area contributed by atoms with E-state index < -0.39 is 11.9 Å². The second-order valence-electron chi connectivity index (χ2n) is 6.09. The largest absolute Gasteiger partial charge is 0.497 e. The monoisotopic (exact) mass is 397 g/mol. The minimum absolute atomic E-state index is 0.00475. The highest BCUT2D eigenvalue weighted by molar-refractivity contribution is 7.99. The lowest BCUT2D eigenvalue weighted by Crippen LogP contribution is -2.25. The van der Waals surface area contributed by atoms with E-state index in [1.54, 1.807) is 24.3 Å². The fourth-order valence-electron chi connectivity index (χ4n) is 2.31. The maximum atomic E-state index is 13.2. The van der Waals surface area contributed by atoms with Gasteiger partial charge in [-0.2, -0.15) is 13.2 Å². The van der Waals surface area contributed by atoms with Crippen LogP contribution in [-0.2, 0) is 11.0 Å². The molecule has 0 saturated heterocycles. The van der Waals surface area contributed by atoms with Crippen LogP contribution in [0.3, 0.4) is 0 Å². The average Bonchev–Trinajstić information content (AvgIpc) is 3.45. The summed E-state index contributed by atoms with van der Waals surface area (Å²) in [6.07, 6.45) is -2.40. The van der Waals surface area contributed by atoms with Crippen LogP contribution in [0, 0.1) is 0 Å². The second kappa shape index (κ2) is 8.16. The number of amides is 1. The molecule has 3 rings (SSSR count). The van der Waals surface area contributed by atoms with Gasteiger partial charge in [-0.05, 0) is 43.2 Å². The van der Waals surface area contributed by atoms with Gasteiger partial charge >= 0.3 is 6.18 Å². The van der Waals surface area contributed by atoms with Gasteiger partial charge in [0.2, 0.25) is 5.91 Å². The Morgan fingerprint density at radius 1 is 1.26 bits per heavy atom. The first kappa shape index (κ1) is 19.5. The Labute approximate surface area is 158 Å². The number of hydrogen-bond acceptors (Lipinski definition) is 5. The summed E-state index contributed by atoms with van der Waals surface area (Å²) in [5.41, 5.74) is -0.310. The van der Waals surface area contributed by atoms with Crippen molar-refractivity contribution in [1.82, 2.24) is 15.3 Å². The Morgan fingerprint density at radius 2 is 1.96 bits per heavy atom. The van der Waals surface area contributed by atoms with Crippen molar-refractivity contribution in [2.24, 2.45) is 0 Å². The van der Waals surface area contributed by atoms with Crippen molar-refractivity contribution >= 4 is 17.7 Å². The molecule has 2 aromatic rings. The summed E-state index contributed by atoms with van der Waals surface area (Å²) in [7, 11) is 1.51. The maximum Gasteiger partial charge on any atom is 0.433 e. The molecule has 144 valence electrons. The topological polar surface area (TPSA) is 64.1 Å². The van der Waals surface area contributed by atoms with E-state index in [2.05, 4.69) is 15.3 Å². The van der Waals surface area contributed by atoms with Gasteiger partial charge in [-0.3, -0.25) is 4.79 Å². The zero-order valence-electron chi connectivity index (χ0n) is 14.5. The third-order valence-corrected chi connectivity index (χ3v) is 4.73. The molecule has 0 atom stereocenters. The lowest BCUT2D eigenvalue weighted by molar-refractivity contribution is -0.141. The molecule has 0 radical (unpaired) electrons. The third-order valence-electron chi connectivity index (χ3n) is 3.88. The van der Waals surface area contributed by atoms with Crippen molar-refractivity contribution in [2.45, 2.75) is 36.6 Å². The second-order valence-corrected chi connectivity index (χ2v) is 7.15. The van der Waals surface area contributed by atoms with E-state index in [4.69, 9.17) is 4.74 Å². The predicted octanol–water partition coefficient (Wildman–Crippen LogP) is 3.93. The number of carbonyl (C=O) groups is 1. The lowest BCUT2D eigenvalue weighted by atomic mass is 10.1. The van der Waals surface area contributed by atoms with Crippen molar-refractivity contribution in [3.63, 3.8) is 0 Å². The molecule has 0 bridgehead atoms. The van der Waals surface area contributed by atoms with Crippen molar-refractivity contribution in [1.29, 1.82) is 0 Å². The first-order valence-corrected chi connectivity index (χ1v) is 9.36. The van der Waals surface area contributed by atoms with Crippen molar-refractivity contribution in [3.8, 4) is 17.0 Å². The molecule has 1 aromatic heterocycles. The summed E-state index contributed by atoms with van der Waals surface area (Å²) >= 11 is 1.04. The number of methoxy groups -OCH3 is 1. The van der Waals surface area contributed by atoms with Crippen LogP contribution in [-0.4, -0.2) is 34.8 Å². The predicted molar refractivity (Wildman–Crippen MR) is 95.5 cm³/mol. The third kappa shape index (κ3) is 5.59. The average molecular weight is 397 g/mol. The number of alkyl halides is 3. The van der Waals surface area contributed by atoms with Crippen LogP contribution in [0.15, 0.2) is 35.5 Å². The quantitative estimate of drug-likeness (QED) is 0.567. The number of nitrogens with zero attached hydrogens (tertiary/aromatic N) is 2. The molecule has 0 spiro atoms. The van der Waals surface area contributed by atoms with Crippen molar-refractivity contribution < 1.29 is 22.7 Å². The molecule has 1 aliphatic carbocycles. The Hall–Kier alpha value is -2.29. The molecule has 1 aliphatic rings. The van der Waals surface area contributed by atoms with Gasteiger partial charge in [0.05, 0.1) is 12.8 Å². The van der Waals surface area contributed by atoms with Gasteiger partial charge in [-0.1, -0.05) is 11.8 Å². The Morgan fingerprint density at radius 3 is 2.56 bits per heavy atom. The summed E-state index contributed by atoms with van der Waals surface area (Å²) in [6, 6.07) is 7.76. The number of carbonyl (C=O) groups excluding carboxylic acids is 1. The Kier molecular flexibility index (Phi) is 5.88. The van der Waals surface area contributed by atoms with Crippen LogP contribution < -0.4 is 10.1 Å². The van der Waals surface area contributed by atoms with Crippen LogP contribution in [0.5, 0.6) is 5.75 Å². The van der Waals surface area contributed by atoms with E-state index in [0.717, 1.165) is 30.7 Å². The molecule has 0 unspecified atom stereocenters. The zero-order valence-corrected chi connectivity index (χ0v) is 15.4. The lowest BCUT2D eigenvalue weighted by Gasteiger charge is -2.11. The smallest absolute Gasteiger partial charge is 0.433 e. The van der Waals surface area contributed by atoms with E-state index in [9.17, 15) is 18.0 Å². The number of thioether (sulfide) groups is 1. The summed E-state index contributed by atoms with van der Waals surface area (Å²) < 4.78 is 44.7. The summed E-state index contributed by atoms with van der Waals surface area (Å²) in [4.78, 5) is 19.5. The van der Waals surface area contributed by atoms with Gasteiger partial charge in [-0.25, -0.2) is 9.97 Å². The standard InChI is InChI=1S/C18H18F3N3O2S/c1-26-13-6-2-11(3-7-13)14-10-15(18(19,20)21)24-17(23-14)27-9-8-16(25)22-12-4-5-12/h2-3,6-7,10,12H,4-5,8-9H2,1H3,(H,22,25). The highest BCUT2D eigenvalue weighted by atomic mass is 32.2. The van der Waals surface area contributed by atoms with E-state index in [-0.39, 0.29) is 29.2 Å². The molecule has 1 fully saturated rings. The fourth-order valence-corrected chi connectivity index (χ4v) is 3.10. The van der Waals surface area contributed by atoms with E-state index >= 15 is 0 Å². The summed E-state index contributed by atoms with van der Waals surface area (Å²) in [5, 5.41) is 2.83. The minimum atomic E-state index is -4.58. The van der Waals surface area contributed by atoms with Crippen molar-refractivity contribution in [2.75, 3.05) is 12.9 Å². The van der Waals surface area contributed by atoms with Gasteiger partial charge in [0, 0.05) is 23.8 Å². The SMILES string of the molecule is COc1ccc(-c2cc(C(F)(F)F)nc(SCCC(=O)NC3CC3)n2)cc1. The maximum absolute atomic E-state index is 13.2. The fraction of sp³-hybridized carbons (Fsp3) is 0.389.